The molecule has 62 valence electrons. The van der Waals surface area contributed by atoms with Crippen molar-refractivity contribution in [2.24, 2.45) is 5.73 Å². The summed E-state index contributed by atoms with van der Waals surface area (Å²) in [4.78, 5) is 0. The molecule has 2 nitrogen and oxygen atoms in total. The Morgan fingerprint density at radius 1 is 1.60 bits per heavy atom. The normalized spacial score (nSPS) is 13.5. The highest BCUT2D eigenvalue weighted by molar-refractivity contribution is 7.98. The monoisotopic (exact) mass is 163 g/mol. The van der Waals surface area contributed by atoms with Gasteiger partial charge >= 0.3 is 0 Å². The first-order valence-electron chi connectivity index (χ1n) is 3.63. The van der Waals surface area contributed by atoms with Crippen LogP contribution in [0.25, 0.3) is 0 Å². The lowest BCUT2D eigenvalue weighted by molar-refractivity contribution is 0.132. The van der Waals surface area contributed by atoms with Gasteiger partial charge in [0.2, 0.25) is 0 Å². The van der Waals surface area contributed by atoms with Gasteiger partial charge < -0.3 is 10.5 Å². The Morgan fingerprint density at radius 3 is 2.80 bits per heavy atom. The number of ether oxygens (including phenoxy) is 1. The second kappa shape index (κ2) is 7.38. The van der Waals surface area contributed by atoms with Gasteiger partial charge in [-0.3, -0.25) is 0 Å². The average molecular weight is 163 g/mol. The summed E-state index contributed by atoms with van der Waals surface area (Å²) in [5, 5.41) is 0. The van der Waals surface area contributed by atoms with E-state index >= 15 is 0 Å². The summed E-state index contributed by atoms with van der Waals surface area (Å²) in [6.45, 7) is 3.46. The molecule has 0 aliphatic carbocycles. The van der Waals surface area contributed by atoms with Crippen molar-refractivity contribution in [3.8, 4) is 0 Å². The molecule has 0 heterocycles. The van der Waals surface area contributed by atoms with Gasteiger partial charge in [-0.05, 0) is 25.4 Å². The van der Waals surface area contributed by atoms with Gasteiger partial charge in [0.25, 0.3) is 0 Å². The molecule has 0 bridgehead atoms. The van der Waals surface area contributed by atoms with Crippen LogP contribution in [-0.4, -0.2) is 31.3 Å². The summed E-state index contributed by atoms with van der Waals surface area (Å²) in [5.41, 5.74) is 5.71. The molecular weight excluding hydrogens is 146 g/mol. The van der Waals surface area contributed by atoms with E-state index < -0.39 is 0 Å². The second-order valence-corrected chi connectivity index (χ2v) is 3.19. The first kappa shape index (κ1) is 10.3. The zero-order chi connectivity index (χ0) is 7.82. The van der Waals surface area contributed by atoms with Crippen LogP contribution in [0.3, 0.4) is 0 Å². The zero-order valence-corrected chi connectivity index (χ0v) is 7.62. The summed E-state index contributed by atoms with van der Waals surface area (Å²) < 4.78 is 5.16. The highest BCUT2D eigenvalue weighted by Gasteiger charge is 1.99. The smallest absolute Gasteiger partial charge is 0.0617 e. The molecule has 0 unspecified atom stereocenters. The van der Waals surface area contributed by atoms with Gasteiger partial charge in [-0.15, -0.1) is 0 Å². The van der Waals surface area contributed by atoms with E-state index in [2.05, 4.69) is 6.26 Å². The third kappa shape index (κ3) is 6.39. The maximum Gasteiger partial charge on any atom is 0.0617 e. The number of nitrogens with two attached hydrogens (primary N) is 1. The molecule has 0 spiro atoms. The molecule has 2 N–H and O–H groups in total. The quantitative estimate of drug-likeness (QED) is 0.637. The average Bonchev–Trinajstić information content (AvgIpc) is 1.97. The maximum absolute atomic E-state index is 5.71. The lowest BCUT2D eigenvalue weighted by Crippen LogP contribution is -2.26. The molecular formula is C7H17NOS. The van der Waals surface area contributed by atoms with Crippen molar-refractivity contribution in [3.05, 3.63) is 0 Å². The highest BCUT2D eigenvalue weighted by Crippen LogP contribution is 1.98. The summed E-state index contributed by atoms with van der Waals surface area (Å²) in [6.07, 6.45) is 3.15. The summed E-state index contributed by atoms with van der Waals surface area (Å²) in [5.74, 6) is 1.13. The molecule has 0 fully saturated rings. The molecule has 0 radical (unpaired) electrons. The fourth-order valence-electron chi connectivity index (χ4n) is 0.622. The third-order valence-electron chi connectivity index (χ3n) is 1.23. The van der Waals surface area contributed by atoms with Crippen LogP contribution in [0.2, 0.25) is 0 Å². The Labute approximate surface area is 67.5 Å². The van der Waals surface area contributed by atoms with E-state index in [1.165, 1.54) is 0 Å². The van der Waals surface area contributed by atoms with Crippen molar-refractivity contribution < 1.29 is 4.74 Å². The second-order valence-electron chi connectivity index (χ2n) is 2.20. The van der Waals surface area contributed by atoms with Crippen LogP contribution < -0.4 is 5.73 Å². The molecule has 0 aromatic rings. The minimum Gasteiger partial charge on any atom is -0.380 e. The van der Waals surface area contributed by atoms with Crippen LogP contribution >= 0.6 is 11.8 Å². The highest BCUT2D eigenvalue weighted by atomic mass is 32.2. The van der Waals surface area contributed by atoms with Gasteiger partial charge in [-0.2, -0.15) is 11.8 Å². The van der Waals surface area contributed by atoms with E-state index in [-0.39, 0.29) is 6.04 Å². The summed E-state index contributed by atoms with van der Waals surface area (Å²) in [6, 6.07) is 0.229. The van der Waals surface area contributed by atoms with Crippen molar-refractivity contribution in [1.82, 2.24) is 0 Å². The molecule has 0 aromatic heterocycles. The topological polar surface area (TPSA) is 35.2 Å². The van der Waals surface area contributed by atoms with Gasteiger partial charge in [0.1, 0.15) is 0 Å². The minimum absolute atomic E-state index is 0.229. The van der Waals surface area contributed by atoms with Gasteiger partial charge in [0, 0.05) is 12.6 Å². The van der Waals surface area contributed by atoms with Gasteiger partial charge in [-0.25, -0.2) is 0 Å². The van der Waals surface area contributed by atoms with Gasteiger partial charge in [-0.1, -0.05) is 0 Å². The number of hydrogen-bond donors (Lipinski definition) is 1. The largest absolute Gasteiger partial charge is 0.380 e. The molecule has 0 amide bonds. The number of rotatable bonds is 6. The fourth-order valence-corrected chi connectivity index (χ4v) is 1.16. The minimum atomic E-state index is 0.229. The molecule has 3 heteroatoms. The van der Waals surface area contributed by atoms with Gasteiger partial charge in [0.15, 0.2) is 0 Å². The predicted octanol–water partition coefficient (Wildman–Crippen LogP) is 1.10. The first-order chi connectivity index (χ1) is 4.81. The Morgan fingerprint density at radius 2 is 2.30 bits per heavy atom. The van der Waals surface area contributed by atoms with E-state index in [0.717, 1.165) is 18.8 Å². The summed E-state index contributed by atoms with van der Waals surface area (Å²) >= 11 is 1.83. The lowest BCUT2D eigenvalue weighted by atomic mass is 10.3. The van der Waals surface area contributed by atoms with E-state index in [0.29, 0.717) is 6.61 Å². The molecule has 0 aliphatic rings. The zero-order valence-electron chi connectivity index (χ0n) is 6.80. The van der Waals surface area contributed by atoms with Crippen molar-refractivity contribution >= 4 is 11.8 Å². The molecule has 0 saturated carbocycles. The molecule has 0 saturated heterocycles. The SMILES string of the molecule is CCOC[C@@H](N)CCSC. The lowest BCUT2D eigenvalue weighted by Gasteiger charge is -2.09. The first-order valence-corrected chi connectivity index (χ1v) is 5.03. The van der Waals surface area contributed by atoms with Crippen LogP contribution in [0.4, 0.5) is 0 Å². The Kier molecular flexibility index (Phi) is 7.58. The van der Waals surface area contributed by atoms with Crippen molar-refractivity contribution in [2.75, 3.05) is 25.2 Å². The Bertz CT molecular complexity index is 62.6. The Balaban J connectivity index is 3.00. The summed E-state index contributed by atoms with van der Waals surface area (Å²) in [7, 11) is 0. The standard InChI is InChI=1S/C7H17NOS/c1-3-9-6-7(8)4-5-10-2/h7H,3-6,8H2,1-2H3/t7-/m0/s1. The van der Waals surface area contributed by atoms with E-state index in [1.807, 2.05) is 18.7 Å². The number of hydrogen-bond acceptors (Lipinski definition) is 3. The van der Waals surface area contributed by atoms with Crippen LogP contribution in [0.5, 0.6) is 0 Å². The predicted molar refractivity (Wildman–Crippen MR) is 47.5 cm³/mol. The maximum atomic E-state index is 5.71. The molecule has 1 atom stereocenters. The van der Waals surface area contributed by atoms with Crippen molar-refractivity contribution in [1.29, 1.82) is 0 Å². The van der Waals surface area contributed by atoms with E-state index in [1.54, 1.807) is 0 Å². The van der Waals surface area contributed by atoms with Crippen molar-refractivity contribution in [3.63, 3.8) is 0 Å². The van der Waals surface area contributed by atoms with Crippen LogP contribution in [0, 0.1) is 0 Å². The van der Waals surface area contributed by atoms with Crippen LogP contribution in [0.15, 0.2) is 0 Å². The van der Waals surface area contributed by atoms with Gasteiger partial charge in [0.05, 0.1) is 6.61 Å². The Hall–Kier alpha value is 0.270. The molecule has 0 rings (SSSR count). The van der Waals surface area contributed by atoms with Crippen LogP contribution in [0.1, 0.15) is 13.3 Å². The van der Waals surface area contributed by atoms with Crippen molar-refractivity contribution in [2.45, 2.75) is 19.4 Å². The molecule has 0 aromatic carbocycles. The van der Waals surface area contributed by atoms with E-state index in [4.69, 9.17) is 10.5 Å². The fraction of sp³-hybridized carbons (Fsp3) is 1.00. The number of thioether (sulfide) groups is 1. The van der Waals surface area contributed by atoms with Crippen LogP contribution in [-0.2, 0) is 4.74 Å². The van der Waals surface area contributed by atoms with E-state index in [9.17, 15) is 0 Å². The third-order valence-corrected chi connectivity index (χ3v) is 1.87. The molecule has 0 aliphatic heterocycles. The molecule has 10 heavy (non-hydrogen) atoms.